The lowest BCUT2D eigenvalue weighted by Gasteiger charge is -2.23. The monoisotopic (exact) mass is 336 g/mol. The number of para-hydroxylation sites is 1. The van der Waals surface area contributed by atoms with Crippen LogP contribution in [0.3, 0.4) is 0 Å². The van der Waals surface area contributed by atoms with Gasteiger partial charge in [0.1, 0.15) is 17.4 Å². The number of nitrogens with one attached hydrogen (secondary N) is 1. The molecule has 2 aromatic carbocycles. The minimum Gasteiger partial charge on any atom is -0.496 e. The fourth-order valence-electron chi connectivity index (χ4n) is 2.24. The van der Waals surface area contributed by atoms with E-state index >= 15 is 0 Å². The molecule has 2 rings (SSSR count). The Morgan fingerprint density at radius 2 is 1.88 bits per heavy atom. The third-order valence-electron chi connectivity index (χ3n) is 3.32. The Bertz CT molecular complexity index is 690. The average Bonchev–Trinajstić information content (AvgIpc) is 2.54. The van der Waals surface area contributed by atoms with Gasteiger partial charge in [0.2, 0.25) is 0 Å². The van der Waals surface area contributed by atoms with Gasteiger partial charge in [-0.25, -0.2) is 13.6 Å². The van der Waals surface area contributed by atoms with Crippen LogP contribution >= 0.6 is 0 Å². The number of amides is 2. The van der Waals surface area contributed by atoms with Crippen molar-refractivity contribution in [3.8, 4) is 5.75 Å². The average molecular weight is 336 g/mol. The summed E-state index contributed by atoms with van der Waals surface area (Å²) in [6, 6.07) is 9.31. The molecule has 0 aliphatic rings. The number of carbonyl (C=O) groups is 1. The van der Waals surface area contributed by atoms with E-state index in [-0.39, 0.29) is 25.4 Å². The first kappa shape index (κ1) is 17.7. The molecule has 0 heterocycles. The largest absolute Gasteiger partial charge is 0.496 e. The maximum Gasteiger partial charge on any atom is 0.322 e. The predicted octanol–water partition coefficient (Wildman–Crippen LogP) is 3.00. The lowest BCUT2D eigenvalue weighted by atomic mass is 10.2. The third kappa shape index (κ3) is 4.66. The number of halogens is 2. The molecule has 2 aromatic rings. The smallest absolute Gasteiger partial charge is 0.322 e. The van der Waals surface area contributed by atoms with E-state index in [0.29, 0.717) is 5.75 Å². The van der Waals surface area contributed by atoms with Crippen molar-refractivity contribution < 1.29 is 23.4 Å². The zero-order valence-corrected chi connectivity index (χ0v) is 13.1. The van der Waals surface area contributed by atoms with Gasteiger partial charge >= 0.3 is 6.03 Å². The lowest BCUT2D eigenvalue weighted by molar-refractivity contribution is 0.184. The molecule has 7 heteroatoms. The molecule has 0 atom stereocenters. The van der Waals surface area contributed by atoms with Crippen molar-refractivity contribution in [1.29, 1.82) is 0 Å². The second kappa shape index (κ2) is 8.26. The predicted molar refractivity (Wildman–Crippen MR) is 85.9 cm³/mol. The molecule has 0 spiro atoms. The Hall–Kier alpha value is -2.67. The van der Waals surface area contributed by atoms with Gasteiger partial charge in [-0.3, -0.25) is 0 Å². The number of hydrogen-bond donors (Lipinski definition) is 2. The van der Waals surface area contributed by atoms with Gasteiger partial charge in [-0.15, -0.1) is 0 Å². The molecule has 5 nitrogen and oxygen atoms in total. The number of rotatable bonds is 6. The van der Waals surface area contributed by atoms with Gasteiger partial charge in [0.25, 0.3) is 0 Å². The molecule has 0 saturated heterocycles. The Balaban J connectivity index is 2.15. The summed E-state index contributed by atoms with van der Waals surface area (Å²) in [6.07, 6.45) is 0. The standard InChI is InChI=1S/C17H18F2N2O3/c1-24-16-5-3-2-4-12(16)11-21(6-7-22)17(23)20-15-9-13(18)8-14(19)10-15/h2-5,8-10,22H,6-7,11H2,1H3,(H,20,23). The Labute approximate surface area is 138 Å². The number of methoxy groups -OCH3 is 1. The molecular formula is C17H18F2N2O3. The van der Waals surface area contributed by atoms with Crippen LogP contribution in [0.5, 0.6) is 5.75 Å². The molecule has 0 unspecified atom stereocenters. The highest BCUT2D eigenvalue weighted by atomic mass is 19.1. The highest BCUT2D eigenvalue weighted by molar-refractivity contribution is 5.89. The first-order chi connectivity index (χ1) is 11.5. The summed E-state index contributed by atoms with van der Waals surface area (Å²) in [5.74, 6) is -0.975. The molecule has 0 aromatic heterocycles. The number of urea groups is 1. The van der Waals surface area contributed by atoms with Gasteiger partial charge in [-0.1, -0.05) is 18.2 Å². The lowest BCUT2D eigenvalue weighted by Crippen LogP contribution is -2.36. The Morgan fingerprint density at radius 3 is 2.50 bits per heavy atom. The summed E-state index contributed by atoms with van der Waals surface area (Å²) in [6.45, 7) is -0.0179. The summed E-state index contributed by atoms with van der Waals surface area (Å²) >= 11 is 0. The van der Waals surface area contributed by atoms with Crippen LogP contribution in [-0.2, 0) is 6.54 Å². The molecule has 0 aliphatic carbocycles. The highest BCUT2D eigenvalue weighted by Crippen LogP contribution is 2.20. The van der Waals surface area contributed by atoms with Crippen LogP contribution in [0.15, 0.2) is 42.5 Å². The van der Waals surface area contributed by atoms with Crippen molar-refractivity contribution in [2.24, 2.45) is 0 Å². The third-order valence-corrected chi connectivity index (χ3v) is 3.32. The number of anilines is 1. The number of benzene rings is 2. The van der Waals surface area contributed by atoms with E-state index in [9.17, 15) is 18.7 Å². The molecule has 24 heavy (non-hydrogen) atoms. The maximum absolute atomic E-state index is 13.2. The van der Waals surface area contributed by atoms with Gasteiger partial charge in [-0.2, -0.15) is 0 Å². The zero-order chi connectivity index (χ0) is 17.5. The summed E-state index contributed by atoms with van der Waals surface area (Å²) in [5, 5.41) is 11.6. The van der Waals surface area contributed by atoms with Crippen molar-refractivity contribution in [1.82, 2.24) is 4.90 Å². The van der Waals surface area contributed by atoms with E-state index in [4.69, 9.17) is 4.74 Å². The Morgan fingerprint density at radius 1 is 1.21 bits per heavy atom. The summed E-state index contributed by atoms with van der Waals surface area (Å²) < 4.78 is 31.7. The molecule has 128 valence electrons. The van der Waals surface area contributed by atoms with Crippen molar-refractivity contribution in [2.45, 2.75) is 6.54 Å². The fraction of sp³-hybridized carbons (Fsp3) is 0.235. The number of hydrogen-bond acceptors (Lipinski definition) is 3. The first-order valence-electron chi connectivity index (χ1n) is 7.28. The Kier molecular flexibility index (Phi) is 6.08. The van der Waals surface area contributed by atoms with Crippen molar-refractivity contribution in [3.63, 3.8) is 0 Å². The molecule has 0 saturated carbocycles. The van der Waals surface area contributed by atoms with Crippen LogP contribution in [0.25, 0.3) is 0 Å². The van der Waals surface area contributed by atoms with E-state index in [1.165, 1.54) is 12.0 Å². The second-order valence-electron chi connectivity index (χ2n) is 5.05. The molecule has 2 amide bonds. The van der Waals surface area contributed by atoms with Crippen molar-refractivity contribution in [3.05, 3.63) is 59.7 Å². The number of aliphatic hydroxyl groups is 1. The normalized spacial score (nSPS) is 10.3. The SMILES string of the molecule is COc1ccccc1CN(CCO)C(=O)Nc1cc(F)cc(F)c1. The number of aliphatic hydroxyl groups excluding tert-OH is 1. The molecule has 0 aliphatic heterocycles. The van der Waals surface area contributed by atoms with Crippen molar-refractivity contribution in [2.75, 3.05) is 25.6 Å². The molecule has 0 fully saturated rings. The topological polar surface area (TPSA) is 61.8 Å². The van der Waals surface area contributed by atoms with Crippen LogP contribution < -0.4 is 10.1 Å². The van der Waals surface area contributed by atoms with Crippen LogP contribution in [0.2, 0.25) is 0 Å². The van der Waals surface area contributed by atoms with Crippen LogP contribution in [0.4, 0.5) is 19.3 Å². The fourth-order valence-corrected chi connectivity index (χ4v) is 2.24. The van der Waals surface area contributed by atoms with Gasteiger partial charge < -0.3 is 20.1 Å². The highest BCUT2D eigenvalue weighted by Gasteiger charge is 2.16. The van der Waals surface area contributed by atoms with E-state index in [0.717, 1.165) is 23.8 Å². The van der Waals surface area contributed by atoms with Gasteiger partial charge in [0.05, 0.1) is 20.3 Å². The summed E-state index contributed by atoms with van der Waals surface area (Å²) in [4.78, 5) is 13.7. The summed E-state index contributed by atoms with van der Waals surface area (Å²) in [7, 11) is 1.52. The number of nitrogens with zero attached hydrogens (tertiary/aromatic N) is 1. The van der Waals surface area contributed by atoms with E-state index < -0.39 is 17.7 Å². The first-order valence-corrected chi connectivity index (χ1v) is 7.28. The summed E-state index contributed by atoms with van der Waals surface area (Å²) in [5.41, 5.74) is 0.745. The van der Waals surface area contributed by atoms with Crippen LogP contribution in [-0.4, -0.2) is 36.3 Å². The van der Waals surface area contributed by atoms with E-state index in [1.54, 1.807) is 24.3 Å². The zero-order valence-electron chi connectivity index (χ0n) is 13.1. The van der Waals surface area contributed by atoms with Crippen molar-refractivity contribution >= 4 is 11.7 Å². The molecule has 0 radical (unpaired) electrons. The maximum atomic E-state index is 13.2. The molecular weight excluding hydrogens is 318 g/mol. The van der Waals surface area contributed by atoms with Crippen LogP contribution in [0.1, 0.15) is 5.56 Å². The van der Waals surface area contributed by atoms with Gasteiger partial charge in [0.15, 0.2) is 0 Å². The minimum atomic E-state index is -0.788. The van der Waals surface area contributed by atoms with E-state index in [1.807, 2.05) is 0 Å². The molecule has 2 N–H and O–H groups in total. The van der Waals surface area contributed by atoms with Gasteiger partial charge in [-0.05, 0) is 18.2 Å². The van der Waals surface area contributed by atoms with Gasteiger partial charge in [0, 0.05) is 23.9 Å². The minimum absolute atomic E-state index is 0.000432. The van der Waals surface area contributed by atoms with Crippen LogP contribution in [0, 0.1) is 11.6 Å². The quantitative estimate of drug-likeness (QED) is 0.852. The second-order valence-corrected chi connectivity index (χ2v) is 5.05. The van der Waals surface area contributed by atoms with E-state index in [2.05, 4.69) is 5.32 Å². The number of carbonyl (C=O) groups excluding carboxylic acids is 1. The number of ether oxygens (including phenoxy) is 1. The molecule has 0 bridgehead atoms.